The number of nitrogens with zero attached hydrogens (tertiary/aromatic N) is 2. The second-order valence-corrected chi connectivity index (χ2v) is 2.96. The lowest BCUT2D eigenvalue weighted by Gasteiger charge is -2.17. The van der Waals surface area contributed by atoms with Gasteiger partial charge in [-0.05, 0) is 19.9 Å². The predicted molar refractivity (Wildman–Crippen MR) is 49.4 cm³/mol. The fraction of sp³-hybridized carbons (Fsp3) is 0.333. The highest BCUT2D eigenvalue weighted by atomic mass is 15.0. The van der Waals surface area contributed by atoms with Crippen LogP contribution in [0.5, 0.6) is 0 Å². The molecule has 3 nitrogen and oxygen atoms in total. The molecule has 0 bridgehead atoms. The molecule has 2 heterocycles. The Bertz CT molecular complexity index is 342. The molecule has 1 N–H and O–H groups in total. The van der Waals surface area contributed by atoms with E-state index in [1.54, 1.807) is 0 Å². The topological polar surface area (TPSA) is 37.3 Å². The van der Waals surface area contributed by atoms with Crippen LogP contribution in [0.15, 0.2) is 17.3 Å². The Balaban J connectivity index is 2.49. The Labute approximate surface area is 71.6 Å². The highest BCUT2D eigenvalue weighted by Crippen LogP contribution is 2.22. The number of anilines is 1. The second kappa shape index (κ2) is 2.59. The van der Waals surface area contributed by atoms with Crippen molar-refractivity contribution in [3.05, 3.63) is 23.5 Å². The smallest absolute Gasteiger partial charge is 0.0980 e. The predicted octanol–water partition coefficient (Wildman–Crippen LogP) is 1.73. The van der Waals surface area contributed by atoms with Gasteiger partial charge in [-0.25, -0.2) is 0 Å². The van der Waals surface area contributed by atoms with Gasteiger partial charge >= 0.3 is 0 Å². The molecule has 3 heteroatoms. The summed E-state index contributed by atoms with van der Waals surface area (Å²) in [6.07, 6.45) is 1.83. The Morgan fingerprint density at radius 2 is 2.25 bits per heavy atom. The van der Waals surface area contributed by atoms with Crippen molar-refractivity contribution in [1.29, 1.82) is 0 Å². The molecule has 0 fully saturated rings. The van der Waals surface area contributed by atoms with Crippen LogP contribution in [0.25, 0.3) is 0 Å². The van der Waals surface area contributed by atoms with E-state index in [2.05, 4.69) is 15.3 Å². The molecule has 0 atom stereocenters. The maximum atomic E-state index is 4.29. The van der Waals surface area contributed by atoms with Gasteiger partial charge < -0.3 is 5.32 Å². The van der Waals surface area contributed by atoms with E-state index < -0.39 is 0 Å². The first-order valence-electron chi connectivity index (χ1n) is 4.00. The third-order valence-corrected chi connectivity index (χ3v) is 2.02. The number of aryl methyl sites for hydroxylation is 1. The van der Waals surface area contributed by atoms with Crippen LogP contribution in [0.2, 0.25) is 0 Å². The summed E-state index contributed by atoms with van der Waals surface area (Å²) in [5, 5.41) is 3.22. The van der Waals surface area contributed by atoms with Crippen molar-refractivity contribution in [3.8, 4) is 0 Å². The summed E-state index contributed by atoms with van der Waals surface area (Å²) in [6, 6.07) is 2.01. The summed E-state index contributed by atoms with van der Waals surface area (Å²) in [5.41, 5.74) is 3.40. The number of aromatic nitrogens is 1. The number of fused-ring (bicyclic) bond motifs is 1. The van der Waals surface area contributed by atoms with Crippen LogP contribution in [0.1, 0.15) is 18.2 Å². The van der Waals surface area contributed by atoms with Gasteiger partial charge in [0.15, 0.2) is 0 Å². The van der Waals surface area contributed by atoms with Crippen molar-refractivity contribution in [2.24, 2.45) is 4.99 Å². The van der Waals surface area contributed by atoms with Gasteiger partial charge in [-0.2, -0.15) is 0 Å². The van der Waals surface area contributed by atoms with Crippen LogP contribution in [-0.2, 0) is 6.54 Å². The van der Waals surface area contributed by atoms with Crippen LogP contribution in [0.4, 0.5) is 5.69 Å². The van der Waals surface area contributed by atoms with E-state index in [1.807, 2.05) is 26.1 Å². The van der Waals surface area contributed by atoms with Crippen LogP contribution in [0, 0.1) is 6.92 Å². The first kappa shape index (κ1) is 7.28. The summed E-state index contributed by atoms with van der Waals surface area (Å²) < 4.78 is 0. The van der Waals surface area contributed by atoms with Gasteiger partial charge in [0.2, 0.25) is 0 Å². The average molecular weight is 161 g/mol. The maximum absolute atomic E-state index is 4.29. The third kappa shape index (κ3) is 1.07. The van der Waals surface area contributed by atoms with E-state index in [4.69, 9.17) is 0 Å². The highest BCUT2D eigenvalue weighted by Gasteiger charge is 2.10. The minimum Gasteiger partial charge on any atom is -0.343 e. The number of nitrogens with one attached hydrogen (secondary N) is 1. The number of pyridine rings is 1. The molecule has 2 rings (SSSR count). The maximum Gasteiger partial charge on any atom is 0.0980 e. The summed E-state index contributed by atoms with van der Waals surface area (Å²) >= 11 is 0. The largest absolute Gasteiger partial charge is 0.343 e. The van der Waals surface area contributed by atoms with E-state index in [-0.39, 0.29) is 0 Å². The summed E-state index contributed by atoms with van der Waals surface area (Å²) in [6.45, 7) is 4.75. The van der Waals surface area contributed by atoms with Gasteiger partial charge in [0, 0.05) is 11.8 Å². The van der Waals surface area contributed by atoms with Gasteiger partial charge in [0.25, 0.3) is 0 Å². The molecule has 1 aromatic heterocycles. The van der Waals surface area contributed by atoms with Crippen LogP contribution in [-0.4, -0.2) is 10.8 Å². The minimum atomic E-state index is 0.775. The molecule has 1 aliphatic rings. The van der Waals surface area contributed by atoms with Gasteiger partial charge in [0.05, 0.1) is 23.8 Å². The normalized spacial score (nSPS) is 14.7. The lowest BCUT2D eigenvalue weighted by atomic mass is 10.1. The monoisotopic (exact) mass is 161 g/mol. The molecule has 0 amide bonds. The Morgan fingerprint density at radius 3 is 3.08 bits per heavy atom. The SMILES string of the molecule is CC1=NCc2ccnc(C)c2N1. The molecular weight excluding hydrogens is 150 g/mol. The molecule has 0 saturated carbocycles. The van der Waals surface area contributed by atoms with Gasteiger partial charge in [-0.3, -0.25) is 9.98 Å². The molecule has 0 radical (unpaired) electrons. The standard InChI is InChI=1S/C9H11N3/c1-6-9-8(3-4-10-6)5-11-7(2)12-9/h3-4H,5H2,1-2H3,(H,11,12). The molecular formula is C9H11N3. The van der Waals surface area contributed by atoms with E-state index in [0.29, 0.717) is 0 Å². The molecule has 62 valence electrons. The summed E-state index contributed by atoms with van der Waals surface area (Å²) in [7, 11) is 0. The number of aliphatic imine (C=N–C) groups is 1. The van der Waals surface area contributed by atoms with E-state index in [1.165, 1.54) is 5.56 Å². The Kier molecular flexibility index (Phi) is 1.57. The zero-order valence-corrected chi connectivity index (χ0v) is 7.26. The first-order chi connectivity index (χ1) is 5.77. The summed E-state index contributed by atoms with van der Waals surface area (Å²) in [5.74, 6) is 0.971. The molecule has 0 saturated heterocycles. The van der Waals surface area contributed by atoms with E-state index in [9.17, 15) is 0 Å². The fourth-order valence-electron chi connectivity index (χ4n) is 1.35. The van der Waals surface area contributed by atoms with Crippen LogP contribution >= 0.6 is 0 Å². The Hall–Kier alpha value is -1.38. The lowest BCUT2D eigenvalue weighted by Crippen LogP contribution is -2.15. The molecule has 0 spiro atoms. The zero-order chi connectivity index (χ0) is 8.55. The minimum absolute atomic E-state index is 0.775. The van der Waals surface area contributed by atoms with Crippen LogP contribution in [0.3, 0.4) is 0 Å². The molecule has 0 aliphatic carbocycles. The average Bonchev–Trinajstić information content (AvgIpc) is 2.07. The van der Waals surface area contributed by atoms with Crippen molar-refractivity contribution in [2.75, 3.05) is 5.32 Å². The van der Waals surface area contributed by atoms with Gasteiger partial charge in [-0.15, -0.1) is 0 Å². The Morgan fingerprint density at radius 1 is 1.42 bits per heavy atom. The quantitative estimate of drug-likeness (QED) is 0.629. The number of rotatable bonds is 0. The van der Waals surface area contributed by atoms with Gasteiger partial charge in [-0.1, -0.05) is 0 Å². The number of amidine groups is 1. The summed E-state index contributed by atoms with van der Waals surface area (Å²) in [4.78, 5) is 8.50. The molecule has 1 aromatic rings. The first-order valence-corrected chi connectivity index (χ1v) is 4.00. The van der Waals surface area contributed by atoms with Crippen molar-refractivity contribution < 1.29 is 0 Å². The number of hydrogen-bond acceptors (Lipinski definition) is 3. The second-order valence-electron chi connectivity index (χ2n) is 2.96. The zero-order valence-electron chi connectivity index (χ0n) is 7.26. The molecule has 12 heavy (non-hydrogen) atoms. The van der Waals surface area contributed by atoms with E-state index in [0.717, 1.165) is 23.8 Å². The third-order valence-electron chi connectivity index (χ3n) is 2.02. The molecule has 1 aliphatic heterocycles. The van der Waals surface area contributed by atoms with Crippen molar-refractivity contribution in [1.82, 2.24) is 4.98 Å². The van der Waals surface area contributed by atoms with Crippen molar-refractivity contribution >= 4 is 11.5 Å². The molecule has 0 unspecified atom stereocenters. The van der Waals surface area contributed by atoms with Gasteiger partial charge in [0.1, 0.15) is 0 Å². The molecule has 0 aromatic carbocycles. The highest BCUT2D eigenvalue weighted by molar-refractivity contribution is 5.96. The lowest BCUT2D eigenvalue weighted by molar-refractivity contribution is 1.02. The fourth-order valence-corrected chi connectivity index (χ4v) is 1.35. The number of hydrogen-bond donors (Lipinski definition) is 1. The van der Waals surface area contributed by atoms with Crippen molar-refractivity contribution in [3.63, 3.8) is 0 Å². The van der Waals surface area contributed by atoms with Crippen LogP contribution < -0.4 is 5.32 Å². The van der Waals surface area contributed by atoms with Crippen molar-refractivity contribution in [2.45, 2.75) is 20.4 Å². The van der Waals surface area contributed by atoms with E-state index >= 15 is 0 Å².